The van der Waals surface area contributed by atoms with Gasteiger partial charge in [-0.25, -0.2) is 13.8 Å². The molecule has 0 spiro atoms. The Morgan fingerprint density at radius 1 is 1.54 bits per heavy atom. The molecule has 0 N–H and O–H groups in total. The van der Waals surface area contributed by atoms with Gasteiger partial charge in [0.1, 0.15) is 10.4 Å². The number of halogens is 3. The molecular weight excluding hydrogens is 244 g/mol. The third-order valence-electron chi connectivity index (χ3n) is 1.73. The molecule has 13 heavy (non-hydrogen) atoms. The Balaban J connectivity index is 3.30. The third-order valence-corrected chi connectivity index (χ3v) is 2.36. The average Bonchev–Trinajstić information content (AvgIpc) is 2.04. The highest BCUT2D eigenvalue weighted by Crippen LogP contribution is 2.33. The van der Waals surface area contributed by atoms with E-state index in [9.17, 15) is 8.78 Å². The van der Waals surface area contributed by atoms with Gasteiger partial charge >= 0.3 is 0 Å². The zero-order valence-corrected chi connectivity index (χ0v) is 8.73. The van der Waals surface area contributed by atoms with Crippen LogP contribution in [0.2, 0.25) is 0 Å². The molecule has 0 aliphatic heterocycles. The summed E-state index contributed by atoms with van der Waals surface area (Å²) >= 11 is 2.96. The topological polar surface area (TPSA) is 22.1 Å². The Kier molecular flexibility index (Phi) is 3.19. The van der Waals surface area contributed by atoms with Crippen LogP contribution in [0.25, 0.3) is 0 Å². The lowest BCUT2D eigenvalue weighted by Crippen LogP contribution is -1.97. The Hall–Kier alpha value is -0.710. The number of hydrogen-bond acceptors (Lipinski definition) is 2. The quantitative estimate of drug-likeness (QED) is 0.754. The van der Waals surface area contributed by atoms with E-state index < -0.39 is 6.43 Å². The third kappa shape index (κ3) is 1.96. The van der Waals surface area contributed by atoms with Crippen molar-refractivity contribution < 1.29 is 13.5 Å². The minimum atomic E-state index is -2.54. The molecule has 72 valence electrons. The minimum Gasteiger partial charge on any atom is -0.495 e. The first-order valence-electron chi connectivity index (χ1n) is 3.55. The van der Waals surface area contributed by atoms with E-state index in [1.54, 1.807) is 6.92 Å². The molecule has 0 radical (unpaired) electrons. The molecule has 0 aliphatic carbocycles. The normalized spacial score (nSPS) is 10.6. The number of nitrogens with zero attached hydrogens (tertiary/aromatic N) is 1. The second kappa shape index (κ2) is 4.00. The second-order valence-electron chi connectivity index (χ2n) is 2.46. The van der Waals surface area contributed by atoms with E-state index in [0.29, 0.717) is 11.3 Å². The fraction of sp³-hybridized carbons (Fsp3) is 0.375. The highest BCUT2D eigenvalue weighted by Gasteiger charge is 2.18. The predicted molar refractivity (Wildman–Crippen MR) is 48.2 cm³/mol. The van der Waals surface area contributed by atoms with Crippen molar-refractivity contribution in [3.63, 3.8) is 0 Å². The van der Waals surface area contributed by atoms with Gasteiger partial charge in [-0.05, 0) is 22.9 Å². The molecule has 5 heteroatoms. The van der Waals surface area contributed by atoms with E-state index in [4.69, 9.17) is 4.74 Å². The molecule has 0 saturated carbocycles. The maximum absolute atomic E-state index is 12.5. The highest BCUT2D eigenvalue weighted by atomic mass is 79.9. The lowest BCUT2D eigenvalue weighted by atomic mass is 10.1. The number of aromatic nitrogens is 1. The molecule has 2 nitrogen and oxygen atoms in total. The summed E-state index contributed by atoms with van der Waals surface area (Å²) in [5, 5.41) is 0. The first-order chi connectivity index (χ1) is 6.07. The van der Waals surface area contributed by atoms with Crippen LogP contribution in [0.1, 0.15) is 17.6 Å². The van der Waals surface area contributed by atoms with E-state index in [1.165, 1.54) is 13.3 Å². The molecule has 1 aromatic heterocycles. The summed E-state index contributed by atoms with van der Waals surface area (Å²) in [6.45, 7) is 1.58. The van der Waals surface area contributed by atoms with Crippen LogP contribution in [0.4, 0.5) is 8.78 Å². The van der Waals surface area contributed by atoms with Crippen LogP contribution in [0.15, 0.2) is 10.8 Å². The summed E-state index contributed by atoms with van der Waals surface area (Å²) in [5.74, 6) is 0.374. The van der Waals surface area contributed by atoms with Crippen molar-refractivity contribution in [2.75, 3.05) is 7.11 Å². The van der Waals surface area contributed by atoms with E-state index in [1.807, 2.05) is 0 Å². The van der Waals surface area contributed by atoms with Crippen LogP contribution in [-0.2, 0) is 0 Å². The minimum absolute atomic E-state index is 0.112. The lowest BCUT2D eigenvalue weighted by Gasteiger charge is -2.10. The van der Waals surface area contributed by atoms with E-state index >= 15 is 0 Å². The summed E-state index contributed by atoms with van der Waals surface area (Å²) < 4.78 is 30.0. The maximum Gasteiger partial charge on any atom is 0.266 e. The molecule has 0 unspecified atom stereocenters. The summed E-state index contributed by atoms with van der Waals surface area (Å²) in [6, 6.07) is 0. The number of alkyl halides is 2. The zero-order chi connectivity index (χ0) is 10.0. The van der Waals surface area contributed by atoms with Gasteiger partial charge in [-0.3, -0.25) is 0 Å². The van der Waals surface area contributed by atoms with Crippen LogP contribution in [-0.4, -0.2) is 12.1 Å². The summed E-state index contributed by atoms with van der Waals surface area (Å²) in [4.78, 5) is 3.74. The van der Waals surface area contributed by atoms with E-state index in [-0.39, 0.29) is 10.2 Å². The summed E-state index contributed by atoms with van der Waals surface area (Å²) in [6.07, 6.45) is -1.14. The van der Waals surface area contributed by atoms with Gasteiger partial charge in [-0.15, -0.1) is 0 Å². The molecule has 0 aromatic carbocycles. The Bertz CT molecular complexity index is 317. The molecule has 0 amide bonds. The standard InChI is InChI=1S/C8H8BrF2NO/c1-4-5(13-2)3-12-7(9)6(4)8(10)11/h3,8H,1-2H3. The van der Waals surface area contributed by atoms with Crippen molar-refractivity contribution in [2.45, 2.75) is 13.3 Å². The highest BCUT2D eigenvalue weighted by molar-refractivity contribution is 9.10. The Labute approximate surface area is 83.1 Å². The van der Waals surface area contributed by atoms with Gasteiger partial charge in [0.05, 0.1) is 18.9 Å². The fourth-order valence-electron chi connectivity index (χ4n) is 1.03. The average molecular weight is 252 g/mol. The van der Waals surface area contributed by atoms with Crippen LogP contribution in [0, 0.1) is 6.92 Å². The second-order valence-corrected chi connectivity index (χ2v) is 3.21. The maximum atomic E-state index is 12.5. The van der Waals surface area contributed by atoms with E-state index in [2.05, 4.69) is 20.9 Å². The Morgan fingerprint density at radius 2 is 2.15 bits per heavy atom. The summed E-state index contributed by atoms with van der Waals surface area (Å²) in [7, 11) is 1.42. The fourth-order valence-corrected chi connectivity index (χ4v) is 1.60. The lowest BCUT2D eigenvalue weighted by molar-refractivity contribution is 0.148. The number of methoxy groups -OCH3 is 1. The molecule has 0 fully saturated rings. The smallest absolute Gasteiger partial charge is 0.266 e. The van der Waals surface area contributed by atoms with Crippen molar-refractivity contribution in [2.24, 2.45) is 0 Å². The molecule has 0 atom stereocenters. The Morgan fingerprint density at radius 3 is 2.62 bits per heavy atom. The predicted octanol–water partition coefficient (Wildman–Crippen LogP) is 3.10. The summed E-state index contributed by atoms with van der Waals surface area (Å²) in [5.41, 5.74) is 0.304. The monoisotopic (exact) mass is 251 g/mol. The molecule has 1 heterocycles. The van der Waals surface area contributed by atoms with Gasteiger partial charge in [-0.1, -0.05) is 0 Å². The van der Waals surface area contributed by atoms with Crippen molar-refractivity contribution >= 4 is 15.9 Å². The molecule has 1 rings (SSSR count). The van der Waals surface area contributed by atoms with Gasteiger partial charge in [0.25, 0.3) is 6.43 Å². The number of rotatable bonds is 2. The van der Waals surface area contributed by atoms with Gasteiger partial charge in [0.2, 0.25) is 0 Å². The number of ether oxygens (including phenoxy) is 1. The number of pyridine rings is 1. The van der Waals surface area contributed by atoms with Crippen molar-refractivity contribution in [1.82, 2.24) is 4.98 Å². The molecule has 0 saturated heterocycles. The SMILES string of the molecule is COc1cnc(Br)c(C(F)F)c1C. The largest absolute Gasteiger partial charge is 0.495 e. The first-order valence-corrected chi connectivity index (χ1v) is 4.34. The zero-order valence-electron chi connectivity index (χ0n) is 7.14. The number of hydrogen-bond donors (Lipinski definition) is 0. The molecule has 1 aromatic rings. The first kappa shape index (κ1) is 10.4. The molecule has 0 aliphatic rings. The van der Waals surface area contributed by atoms with Gasteiger partial charge in [0.15, 0.2) is 0 Å². The van der Waals surface area contributed by atoms with Crippen LogP contribution in [0.5, 0.6) is 5.75 Å². The van der Waals surface area contributed by atoms with Crippen LogP contribution < -0.4 is 4.74 Å². The van der Waals surface area contributed by atoms with Gasteiger partial charge in [0, 0.05) is 5.56 Å². The van der Waals surface area contributed by atoms with Crippen molar-refractivity contribution in [3.05, 3.63) is 21.9 Å². The van der Waals surface area contributed by atoms with Gasteiger partial charge in [-0.2, -0.15) is 0 Å². The van der Waals surface area contributed by atoms with Crippen LogP contribution in [0.3, 0.4) is 0 Å². The van der Waals surface area contributed by atoms with Crippen molar-refractivity contribution in [3.8, 4) is 5.75 Å². The van der Waals surface area contributed by atoms with Gasteiger partial charge < -0.3 is 4.74 Å². The van der Waals surface area contributed by atoms with Crippen LogP contribution >= 0.6 is 15.9 Å². The van der Waals surface area contributed by atoms with Crippen molar-refractivity contribution in [1.29, 1.82) is 0 Å². The molecular formula is C8H8BrF2NO. The van der Waals surface area contributed by atoms with E-state index in [0.717, 1.165) is 0 Å². The molecule has 0 bridgehead atoms.